The number of methoxy groups -OCH3 is 1. The van der Waals surface area contributed by atoms with Crippen LogP contribution in [0.4, 0.5) is 0 Å². The van der Waals surface area contributed by atoms with E-state index in [0.717, 1.165) is 12.2 Å². The van der Waals surface area contributed by atoms with Crippen LogP contribution < -0.4 is 4.43 Å². The molecule has 0 aromatic heterocycles. The highest BCUT2D eigenvalue weighted by molar-refractivity contribution is 6.74. The predicted molar refractivity (Wildman–Crippen MR) is 173 cm³/mol. The fourth-order valence-corrected chi connectivity index (χ4v) is 11.8. The lowest BCUT2D eigenvalue weighted by atomic mass is 9.40. The first-order valence-corrected chi connectivity index (χ1v) is 19.5. The van der Waals surface area contributed by atoms with Crippen molar-refractivity contribution in [3.8, 4) is 5.75 Å². The Bertz CT molecular complexity index is 1520. The van der Waals surface area contributed by atoms with Gasteiger partial charge in [-0.1, -0.05) is 65.3 Å². The second kappa shape index (κ2) is 9.42. The van der Waals surface area contributed by atoms with E-state index >= 15 is 0 Å². The van der Waals surface area contributed by atoms with Crippen molar-refractivity contribution in [2.45, 2.75) is 110 Å². The summed E-state index contributed by atoms with van der Waals surface area (Å²) in [5.41, 5.74) is 0.632. The van der Waals surface area contributed by atoms with E-state index in [2.05, 4.69) is 85.8 Å². The fourth-order valence-electron chi connectivity index (χ4n) is 10.8. The van der Waals surface area contributed by atoms with Gasteiger partial charge >= 0.3 is 5.97 Å². The molecule has 1 aromatic rings. The molecule has 4 aliphatic carbocycles. The zero-order valence-corrected chi connectivity index (χ0v) is 29.7. The second-order valence-corrected chi connectivity index (χ2v) is 21.6. The van der Waals surface area contributed by atoms with E-state index in [1.54, 1.807) is 6.08 Å². The van der Waals surface area contributed by atoms with Gasteiger partial charge in [-0.15, -0.1) is 0 Å². The van der Waals surface area contributed by atoms with Crippen LogP contribution in [-0.4, -0.2) is 58.4 Å². The molecule has 1 spiro atoms. The average molecular weight is 635 g/mol. The first-order chi connectivity index (χ1) is 20.9. The summed E-state index contributed by atoms with van der Waals surface area (Å²) in [6, 6.07) is 8.62. The van der Waals surface area contributed by atoms with Gasteiger partial charge in [0, 0.05) is 27.6 Å². The van der Waals surface area contributed by atoms with Gasteiger partial charge in [-0.3, -0.25) is 9.59 Å². The molecular weight excluding hydrogens is 584 g/mol. The van der Waals surface area contributed by atoms with Gasteiger partial charge in [0.15, 0.2) is 5.78 Å². The van der Waals surface area contributed by atoms with Crippen LogP contribution in [0.3, 0.4) is 0 Å². The molecule has 0 bridgehead atoms. The van der Waals surface area contributed by atoms with Gasteiger partial charge in [0.2, 0.25) is 8.32 Å². The Hall–Kier alpha value is -2.26. The molecule has 7 rings (SSSR count). The number of hydrogen-bond donors (Lipinski definition) is 0. The Kier molecular flexibility index (Phi) is 6.56. The average Bonchev–Trinajstić information content (AvgIpc) is 3.47. The first kappa shape index (κ1) is 31.3. The highest BCUT2D eigenvalue weighted by Crippen LogP contribution is 2.88. The minimum atomic E-state index is -1.95. The van der Waals surface area contributed by atoms with Crippen molar-refractivity contribution in [2.24, 2.45) is 27.6 Å². The predicted octanol–water partition coefficient (Wildman–Crippen LogP) is 7.13. The van der Waals surface area contributed by atoms with E-state index in [4.69, 9.17) is 23.4 Å². The van der Waals surface area contributed by atoms with E-state index in [1.807, 2.05) is 6.08 Å². The molecule has 45 heavy (non-hydrogen) atoms. The Morgan fingerprint density at radius 1 is 1.11 bits per heavy atom. The lowest BCUT2D eigenvalue weighted by Crippen LogP contribution is -2.68. The fraction of sp³-hybridized carbons (Fsp3) is 0.676. The van der Waals surface area contributed by atoms with Crippen LogP contribution >= 0.6 is 0 Å². The maximum absolute atomic E-state index is 14.3. The highest BCUT2D eigenvalue weighted by atomic mass is 28.4. The summed E-state index contributed by atoms with van der Waals surface area (Å²) in [4.78, 5) is 27.6. The van der Waals surface area contributed by atoms with Gasteiger partial charge in [-0.2, -0.15) is 0 Å². The van der Waals surface area contributed by atoms with Crippen molar-refractivity contribution >= 4 is 20.1 Å². The number of ether oxygens (including phenoxy) is 4. The van der Waals surface area contributed by atoms with Crippen molar-refractivity contribution in [1.29, 1.82) is 0 Å². The molecule has 2 aliphatic heterocycles. The summed E-state index contributed by atoms with van der Waals surface area (Å²) in [6.07, 6.45) is 5.04. The van der Waals surface area contributed by atoms with Crippen molar-refractivity contribution in [2.75, 3.05) is 20.5 Å². The van der Waals surface area contributed by atoms with Crippen molar-refractivity contribution in [3.05, 3.63) is 53.1 Å². The van der Waals surface area contributed by atoms with Crippen molar-refractivity contribution in [3.63, 3.8) is 0 Å². The monoisotopic (exact) mass is 634 g/mol. The third-order valence-electron chi connectivity index (χ3n) is 14.0. The topological polar surface area (TPSA) is 80.3 Å². The molecule has 4 fully saturated rings. The number of carbonyl (C=O) groups excluding carboxylic acids is 2. The summed E-state index contributed by atoms with van der Waals surface area (Å²) >= 11 is 0. The maximum atomic E-state index is 14.3. The number of rotatable bonds is 5. The zero-order chi connectivity index (χ0) is 32.6. The Morgan fingerprint density at radius 3 is 2.44 bits per heavy atom. The zero-order valence-electron chi connectivity index (χ0n) is 28.7. The molecule has 2 saturated heterocycles. The largest absolute Gasteiger partial charge is 0.544 e. The van der Waals surface area contributed by atoms with E-state index in [9.17, 15) is 9.59 Å². The van der Waals surface area contributed by atoms with Crippen LogP contribution in [0.1, 0.15) is 79.2 Å². The number of allylic oxidation sites excluding steroid dienone is 2. The third-order valence-corrected chi connectivity index (χ3v) is 18.3. The second-order valence-electron chi connectivity index (χ2n) is 16.8. The van der Waals surface area contributed by atoms with Crippen LogP contribution in [0.2, 0.25) is 18.1 Å². The summed E-state index contributed by atoms with van der Waals surface area (Å²) in [5, 5.41) is 0.120. The molecule has 8 heteroatoms. The highest BCUT2D eigenvalue weighted by Gasteiger charge is 2.94. The standard InChI is InChI=1S/C37H50O7Si/c1-22-25(23-11-13-24(14-12-23)44-45(9,10)32(2,3)4)17-26-30(22)34(6)27(18-29(39)40-8)35(7)28(38)15-16-33(5)20-41-21-42-36(31(34)43-26)19-37(33,35)36/h11-16,25-27,31H,17-21H2,1-10H3/t25-,26?,27?,31+,33+,34?,35+,36+,37+/m1/s1. The molecule has 0 radical (unpaired) electrons. The van der Waals surface area contributed by atoms with E-state index < -0.39 is 35.6 Å². The van der Waals surface area contributed by atoms with Crippen LogP contribution in [0.25, 0.3) is 0 Å². The maximum Gasteiger partial charge on any atom is 0.305 e. The smallest absolute Gasteiger partial charge is 0.305 e. The summed E-state index contributed by atoms with van der Waals surface area (Å²) in [5.74, 6) is 0.527. The molecule has 2 saturated carbocycles. The van der Waals surface area contributed by atoms with Crippen LogP contribution in [0.5, 0.6) is 5.75 Å². The molecule has 0 N–H and O–H groups in total. The number of esters is 1. The van der Waals surface area contributed by atoms with Gasteiger partial charge in [0.05, 0.1) is 32.3 Å². The molecule has 0 amide bonds. The van der Waals surface area contributed by atoms with Gasteiger partial charge < -0.3 is 23.4 Å². The Balaban J connectivity index is 1.32. The minimum Gasteiger partial charge on any atom is -0.544 e. The Morgan fingerprint density at radius 2 is 1.80 bits per heavy atom. The van der Waals surface area contributed by atoms with E-state index in [-0.39, 0.29) is 54.0 Å². The summed E-state index contributed by atoms with van der Waals surface area (Å²) in [7, 11) is -0.516. The summed E-state index contributed by atoms with van der Waals surface area (Å²) < 4.78 is 31.9. The number of benzene rings is 1. The normalized spacial score (nSPS) is 43.2. The van der Waals surface area contributed by atoms with Crippen molar-refractivity contribution < 1.29 is 33.0 Å². The van der Waals surface area contributed by atoms with E-state index in [1.165, 1.54) is 23.8 Å². The third kappa shape index (κ3) is 3.68. The van der Waals surface area contributed by atoms with Gasteiger partial charge in [0.1, 0.15) is 18.1 Å². The number of hydrogen-bond acceptors (Lipinski definition) is 7. The molecular formula is C37H50O7Si. The van der Waals surface area contributed by atoms with Crippen LogP contribution in [0, 0.1) is 27.6 Å². The quantitative estimate of drug-likeness (QED) is 0.194. The summed E-state index contributed by atoms with van der Waals surface area (Å²) in [6.45, 7) is 20.7. The molecule has 1 aromatic carbocycles. The number of carbonyl (C=O) groups is 2. The molecule has 3 unspecified atom stereocenters. The minimum absolute atomic E-state index is 0.0644. The Labute approximate surface area is 269 Å². The number of fused-ring (bicyclic) bond motifs is 3. The molecule has 2 heterocycles. The van der Waals surface area contributed by atoms with Gasteiger partial charge in [-0.25, -0.2) is 0 Å². The SMILES string of the molecule is COC(=O)CC1C2(C)C3=C(C)[C@H](c4ccc(O[Si](C)(C)C(C)(C)C)cc4)CC3O[C@@H]2[C@@]23C[C@@]24[C@@](C)(C=CC(=O)[C@]14C)COCO3. The van der Waals surface area contributed by atoms with Gasteiger partial charge in [0.25, 0.3) is 0 Å². The lowest BCUT2D eigenvalue weighted by molar-refractivity contribution is -0.223. The van der Waals surface area contributed by atoms with Crippen molar-refractivity contribution in [1.82, 2.24) is 0 Å². The molecule has 7 nitrogen and oxygen atoms in total. The van der Waals surface area contributed by atoms with Crippen LogP contribution in [-0.2, 0) is 28.5 Å². The first-order valence-electron chi connectivity index (χ1n) is 16.6. The van der Waals surface area contributed by atoms with Crippen LogP contribution in [0.15, 0.2) is 47.6 Å². The lowest BCUT2D eigenvalue weighted by Gasteiger charge is -2.62. The molecule has 9 atom stereocenters. The van der Waals surface area contributed by atoms with E-state index in [0.29, 0.717) is 13.0 Å². The molecule has 244 valence electrons. The number of ketones is 1. The van der Waals surface area contributed by atoms with Gasteiger partial charge in [-0.05, 0) is 73.2 Å². The molecule has 6 aliphatic rings.